The second-order valence-corrected chi connectivity index (χ2v) is 7.14. The highest BCUT2D eigenvalue weighted by atomic mass is 19.2. The van der Waals surface area contributed by atoms with Crippen LogP contribution in [0, 0.1) is 33.4 Å². The van der Waals surface area contributed by atoms with Gasteiger partial charge in [0.05, 0.1) is 10.5 Å². The number of rotatable bonds is 4. The van der Waals surface area contributed by atoms with E-state index in [0.717, 1.165) is 6.42 Å². The lowest BCUT2D eigenvalue weighted by Crippen LogP contribution is -2.59. The van der Waals surface area contributed by atoms with Crippen molar-refractivity contribution < 1.29 is 41.5 Å². The number of nitrogens with zero attached hydrogens (tertiary/aromatic N) is 1. The summed E-state index contributed by atoms with van der Waals surface area (Å²) in [6.45, 7) is 1.46. The van der Waals surface area contributed by atoms with Gasteiger partial charge in [0.2, 0.25) is 11.6 Å². The zero-order valence-corrected chi connectivity index (χ0v) is 15.4. The zero-order valence-electron chi connectivity index (χ0n) is 15.4. The van der Waals surface area contributed by atoms with Crippen molar-refractivity contribution in [2.75, 3.05) is 0 Å². The minimum Gasteiger partial charge on any atom is -0.421 e. The summed E-state index contributed by atoms with van der Waals surface area (Å²) < 4.78 is 68.3. The summed E-state index contributed by atoms with van der Waals surface area (Å²) in [5, 5.41) is 10.8. The Morgan fingerprint density at radius 1 is 0.931 bits per heavy atom. The van der Waals surface area contributed by atoms with Crippen molar-refractivity contribution in [3.05, 3.63) is 38.9 Å². The second kappa shape index (κ2) is 7.27. The maximum absolute atomic E-state index is 14.7. The van der Waals surface area contributed by atoms with Crippen molar-refractivity contribution >= 4 is 17.6 Å². The highest BCUT2D eigenvalue weighted by molar-refractivity contribution is 6.08. The molecule has 0 amide bonds. The van der Waals surface area contributed by atoms with E-state index in [2.05, 4.69) is 0 Å². The van der Waals surface area contributed by atoms with Gasteiger partial charge in [-0.25, -0.2) is 8.78 Å². The standard InChI is InChI=1S/C18H17F4NO6/c1-2-6-18(9-10(19)12(21)14(23(26)27)13(22)11(9)20)15(24)28-17(29-16(18)25)7-4-3-5-8-17/h2-8H2,1H3. The average molecular weight is 419 g/mol. The fourth-order valence-electron chi connectivity index (χ4n) is 3.97. The van der Waals surface area contributed by atoms with Gasteiger partial charge in [-0.3, -0.25) is 19.7 Å². The molecule has 1 aliphatic carbocycles. The SMILES string of the molecule is CCCC1(c2c(F)c(F)c([N+](=O)[O-])c(F)c2F)C(=O)OC2(CCCCC2)OC1=O. The monoisotopic (exact) mass is 419 g/mol. The van der Waals surface area contributed by atoms with Crippen molar-refractivity contribution in [3.8, 4) is 0 Å². The van der Waals surface area contributed by atoms with E-state index in [-0.39, 0.29) is 19.3 Å². The molecule has 2 fully saturated rings. The Bertz CT molecular complexity index is 848. The van der Waals surface area contributed by atoms with Crippen LogP contribution >= 0.6 is 0 Å². The fraction of sp³-hybridized carbons (Fsp3) is 0.556. The normalized spacial score (nSPS) is 20.3. The molecule has 7 nitrogen and oxygen atoms in total. The predicted molar refractivity (Wildman–Crippen MR) is 87.5 cm³/mol. The van der Waals surface area contributed by atoms with Crippen LogP contribution in [0.5, 0.6) is 0 Å². The number of carbonyl (C=O) groups excluding carboxylic acids is 2. The smallest absolute Gasteiger partial charge is 0.346 e. The number of hydrogen-bond donors (Lipinski definition) is 0. The van der Waals surface area contributed by atoms with Gasteiger partial charge in [-0.15, -0.1) is 0 Å². The van der Waals surface area contributed by atoms with E-state index in [4.69, 9.17) is 9.47 Å². The summed E-state index contributed by atoms with van der Waals surface area (Å²) >= 11 is 0. The minimum atomic E-state index is -2.82. The Morgan fingerprint density at radius 3 is 1.83 bits per heavy atom. The largest absolute Gasteiger partial charge is 0.421 e. The Morgan fingerprint density at radius 2 is 1.41 bits per heavy atom. The summed E-state index contributed by atoms with van der Waals surface area (Å²) in [4.78, 5) is 34.9. The van der Waals surface area contributed by atoms with Gasteiger partial charge in [0.25, 0.3) is 5.79 Å². The molecule has 1 heterocycles. The number of esters is 2. The summed E-state index contributed by atoms with van der Waals surface area (Å²) in [5.41, 5.74) is -6.46. The van der Waals surface area contributed by atoms with Crippen LogP contribution in [0.25, 0.3) is 0 Å². The van der Waals surface area contributed by atoms with Crippen LogP contribution in [0.1, 0.15) is 57.4 Å². The van der Waals surface area contributed by atoms with E-state index < -0.39 is 69.0 Å². The molecule has 1 saturated heterocycles. The third-order valence-electron chi connectivity index (χ3n) is 5.34. The van der Waals surface area contributed by atoms with Crippen molar-refractivity contribution in [1.82, 2.24) is 0 Å². The van der Waals surface area contributed by atoms with E-state index in [1.54, 1.807) is 0 Å². The van der Waals surface area contributed by atoms with Gasteiger partial charge in [0, 0.05) is 12.8 Å². The van der Waals surface area contributed by atoms with Crippen LogP contribution < -0.4 is 0 Å². The number of hydrogen-bond acceptors (Lipinski definition) is 6. The predicted octanol–water partition coefficient (Wildman–Crippen LogP) is 3.95. The van der Waals surface area contributed by atoms with Crippen LogP contribution in [0.15, 0.2) is 0 Å². The molecule has 0 N–H and O–H groups in total. The van der Waals surface area contributed by atoms with Gasteiger partial charge in [-0.2, -0.15) is 8.78 Å². The summed E-state index contributed by atoms with van der Waals surface area (Å²) in [6.07, 6.45) is 1.72. The van der Waals surface area contributed by atoms with Crippen LogP contribution in [0.2, 0.25) is 0 Å². The quantitative estimate of drug-likeness (QED) is 0.183. The maximum Gasteiger partial charge on any atom is 0.346 e. The van der Waals surface area contributed by atoms with Gasteiger partial charge in [0.1, 0.15) is 0 Å². The van der Waals surface area contributed by atoms with Crippen molar-refractivity contribution in [2.24, 2.45) is 0 Å². The van der Waals surface area contributed by atoms with Gasteiger partial charge in [-0.05, 0) is 19.3 Å². The van der Waals surface area contributed by atoms with Crippen molar-refractivity contribution in [1.29, 1.82) is 0 Å². The van der Waals surface area contributed by atoms with Crippen LogP contribution in [-0.2, 0) is 24.5 Å². The number of carbonyl (C=O) groups is 2. The van der Waals surface area contributed by atoms with Crippen LogP contribution in [0.3, 0.4) is 0 Å². The first kappa shape index (κ1) is 21.0. The van der Waals surface area contributed by atoms with E-state index >= 15 is 0 Å². The first-order valence-electron chi connectivity index (χ1n) is 9.09. The number of halogens is 4. The molecule has 1 aromatic carbocycles. The molecule has 0 unspecified atom stereocenters. The second-order valence-electron chi connectivity index (χ2n) is 7.14. The highest BCUT2D eigenvalue weighted by Crippen LogP contribution is 2.47. The van der Waals surface area contributed by atoms with Crippen LogP contribution in [0.4, 0.5) is 23.2 Å². The molecule has 0 aromatic heterocycles. The molecule has 1 saturated carbocycles. The van der Waals surface area contributed by atoms with E-state index in [9.17, 15) is 37.3 Å². The van der Waals surface area contributed by atoms with E-state index in [1.165, 1.54) is 6.92 Å². The highest BCUT2D eigenvalue weighted by Gasteiger charge is 2.62. The molecule has 1 spiro atoms. The molecule has 3 rings (SSSR count). The molecule has 0 atom stereocenters. The van der Waals surface area contributed by atoms with Gasteiger partial charge in [-0.1, -0.05) is 19.8 Å². The van der Waals surface area contributed by atoms with Gasteiger partial charge in [0.15, 0.2) is 17.0 Å². The van der Waals surface area contributed by atoms with Crippen LogP contribution in [-0.4, -0.2) is 22.6 Å². The van der Waals surface area contributed by atoms with Gasteiger partial charge >= 0.3 is 17.6 Å². The Hall–Kier alpha value is -2.72. The lowest BCUT2D eigenvalue weighted by molar-refractivity contribution is -0.390. The Kier molecular flexibility index (Phi) is 5.26. The third kappa shape index (κ3) is 3.03. The first-order chi connectivity index (χ1) is 13.6. The lowest BCUT2D eigenvalue weighted by Gasteiger charge is -2.45. The molecular weight excluding hydrogens is 402 g/mol. The topological polar surface area (TPSA) is 95.7 Å². The molecular formula is C18H17F4NO6. The molecule has 29 heavy (non-hydrogen) atoms. The zero-order chi connectivity index (χ0) is 21.6. The van der Waals surface area contributed by atoms with E-state index in [0.29, 0.717) is 12.8 Å². The fourth-order valence-corrected chi connectivity index (χ4v) is 3.97. The number of nitro groups is 1. The molecule has 0 radical (unpaired) electrons. The Labute approximate surface area is 162 Å². The molecule has 11 heteroatoms. The van der Waals surface area contributed by atoms with Gasteiger partial charge < -0.3 is 9.47 Å². The number of ether oxygens (including phenoxy) is 2. The third-order valence-corrected chi connectivity index (χ3v) is 5.34. The minimum absolute atomic E-state index is 0.0176. The molecule has 2 aliphatic rings. The van der Waals surface area contributed by atoms with E-state index in [1.807, 2.05) is 0 Å². The molecule has 0 bridgehead atoms. The summed E-state index contributed by atoms with van der Waals surface area (Å²) in [5.74, 6) is -13.5. The molecule has 158 valence electrons. The number of nitro benzene ring substituents is 1. The molecule has 1 aromatic rings. The first-order valence-corrected chi connectivity index (χ1v) is 9.09. The number of benzene rings is 1. The summed E-state index contributed by atoms with van der Waals surface area (Å²) in [7, 11) is 0. The summed E-state index contributed by atoms with van der Waals surface area (Å²) in [6, 6.07) is 0. The van der Waals surface area contributed by atoms with Crippen molar-refractivity contribution in [2.45, 2.75) is 63.1 Å². The molecule has 1 aliphatic heterocycles. The van der Waals surface area contributed by atoms with Crippen molar-refractivity contribution in [3.63, 3.8) is 0 Å². The Balaban J connectivity index is 2.22. The lowest BCUT2D eigenvalue weighted by atomic mass is 9.74. The maximum atomic E-state index is 14.7. The average Bonchev–Trinajstić information content (AvgIpc) is 2.65.